The molecule has 0 spiro atoms. The van der Waals surface area contributed by atoms with Gasteiger partial charge in [-0.15, -0.1) is 0 Å². The first-order valence-corrected chi connectivity index (χ1v) is 8.99. The van der Waals surface area contributed by atoms with Crippen molar-refractivity contribution in [3.8, 4) is 0 Å². The van der Waals surface area contributed by atoms with Crippen molar-refractivity contribution < 1.29 is 18.0 Å². The SMILES string of the molecule is CCc1ccccc1NS(=O)(=O)CC1=NC(=O)n2cccc2C1=O. The van der Waals surface area contributed by atoms with Crippen molar-refractivity contribution in [2.24, 2.45) is 4.99 Å². The molecule has 0 saturated carbocycles. The van der Waals surface area contributed by atoms with E-state index in [1.165, 1.54) is 18.3 Å². The van der Waals surface area contributed by atoms with E-state index in [-0.39, 0.29) is 11.4 Å². The van der Waals surface area contributed by atoms with Crippen LogP contribution in [0.3, 0.4) is 0 Å². The van der Waals surface area contributed by atoms with Gasteiger partial charge in [0.2, 0.25) is 15.8 Å². The lowest BCUT2D eigenvalue weighted by molar-refractivity contribution is 0.105. The Morgan fingerprint density at radius 3 is 2.62 bits per heavy atom. The maximum Gasteiger partial charge on any atom is 0.352 e. The molecule has 0 aliphatic carbocycles. The summed E-state index contributed by atoms with van der Waals surface area (Å²) in [5.41, 5.74) is 1.13. The summed E-state index contributed by atoms with van der Waals surface area (Å²) < 4.78 is 28.3. The first kappa shape index (κ1) is 16.1. The average molecular weight is 345 g/mol. The predicted octanol–water partition coefficient (Wildman–Crippen LogP) is 2.10. The molecule has 1 N–H and O–H groups in total. The number of hydrogen-bond donors (Lipinski definition) is 1. The lowest BCUT2D eigenvalue weighted by Crippen LogP contribution is -2.34. The highest BCUT2D eigenvalue weighted by Gasteiger charge is 2.30. The number of benzene rings is 1. The fourth-order valence-corrected chi connectivity index (χ4v) is 3.67. The minimum atomic E-state index is -3.87. The highest BCUT2D eigenvalue weighted by atomic mass is 32.2. The standard InChI is InChI=1S/C16H15N3O4S/c1-2-11-6-3-4-7-12(11)18-24(22,23)10-13-15(20)14-8-5-9-19(14)16(21)17-13/h3-9,18H,2,10H2,1H3. The van der Waals surface area contributed by atoms with Gasteiger partial charge < -0.3 is 0 Å². The third-order valence-corrected chi connectivity index (χ3v) is 4.86. The Hall–Kier alpha value is -2.74. The van der Waals surface area contributed by atoms with Crippen LogP contribution in [0.15, 0.2) is 47.6 Å². The number of ketones is 1. The van der Waals surface area contributed by atoms with Crippen molar-refractivity contribution in [1.29, 1.82) is 0 Å². The van der Waals surface area contributed by atoms with E-state index < -0.39 is 27.6 Å². The van der Waals surface area contributed by atoms with Crippen LogP contribution < -0.4 is 4.72 Å². The third-order valence-electron chi connectivity index (χ3n) is 3.67. The van der Waals surface area contributed by atoms with Gasteiger partial charge in [0.1, 0.15) is 11.5 Å². The lowest BCUT2D eigenvalue weighted by Gasteiger charge is -2.15. The summed E-state index contributed by atoms with van der Waals surface area (Å²) in [5, 5.41) is 0. The Kier molecular flexibility index (Phi) is 4.06. The molecule has 0 radical (unpaired) electrons. The van der Waals surface area contributed by atoms with Crippen LogP contribution in [0.4, 0.5) is 10.5 Å². The van der Waals surface area contributed by atoms with Crippen LogP contribution in [0.1, 0.15) is 23.0 Å². The highest BCUT2D eigenvalue weighted by Crippen LogP contribution is 2.18. The number of nitrogens with one attached hydrogen (secondary N) is 1. The van der Waals surface area contributed by atoms with Gasteiger partial charge in [-0.25, -0.2) is 13.2 Å². The fourth-order valence-electron chi connectivity index (χ4n) is 2.51. The summed E-state index contributed by atoms with van der Waals surface area (Å²) in [6, 6.07) is 9.33. The summed E-state index contributed by atoms with van der Waals surface area (Å²) in [5.74, 6) is -1.21. The molecule has 2 aromatic rings. The van der Waals surface area contributed by atoms with Crippen molar-refractivity contribution in [2.45, 2.75) is 13.3 Å². The van der Waals surface area contributed by atoms with Gasteiger partial charge in [-0.2, -0.15) is 4.99 Å². The van der Waals surface area contributed by atoms with Gasteiger partial charge in [-0.3, -0.25) is 14.1 Å². The molecule has 0 atom stereocenters. The Morgan fingerprint density at radius 2 is 1.88 bits per heavy atom. The number of amides is 1. The van der Waals surface area contributed by atoms with Crippen molar-refractivity contribution in [1.82, 2.24) is 4.57 Å². The van der Waals surface area contributed by atoms with Crippen molar-refractivity contribution >= 4 is 33.2 Å². The number of hydrogen-bond acceptors (Lipinski definition) is 4. The Morgan fingerprint density at radius 1 is 1.12 bits per heavy atom. The molecule has 1 aromatic carbocycles. The number of nitrogens with zero attached hydrogens (tertiary/aromatic N) is 2. The molecule has 24 heavy (non-hydrogen) atoms. The topological polar surface area (TPSA) is 97.6 Å². The number of carbonyl (C=O) groups excluding carboxylic acids is 2. The summed E-state index contributed by atoms with van der Waals surface area (Å²) in [6.45, 7) is 1.91. The normalized spacial score (nSPS) is 14.3. The number of carbonyl (C=O) groups is 2. The number of aliphatic imine (C=N–C) groups is 1. The smallest absolute Gasteiger partial charge is 0.285 e. The van der Waals surface area contributed by atoms with E-state index in [0.717, 1.165) is 10.1 Å². The number of fused-ring (bicyclic) bond motifs is 1. The second-order valence-corrected chi connectivity index (χ2v) is 7.03. The largest absolute Gasteiger partial charge is 0.352 e. The number of aromatic nitrogens is 1. The molecular formula is C16H15N3O4S. The Balaban J connectivity index is 1.85. The summed E-state index contributed by atoms with van der Waals surface area (Å²) in [7, 11) is -3.87. The van der Waals surface area contributed by atoms with E-state index in [1.807, 2.05) is 19.1 Å². The van der Waals surface area contributed by atoms with Crippen LogP contribution in [0.5, 0.6) is 0 Å². The molecule has 1 aliphatic heterocycles. The van der Waals surface area contributed by atoms with Gasteiger partial charge in [-0.05, 0) is 30.2 Å². The molecule has 0 saturated heterocycles. The molecule has 124 valence electrons. The predicted molar refractivity (Wildman–Crippen MR) is 90.2 cm³/mol. The van der Waals surface area contributed by atoms with Gasteiger partial charge in [0.05, 0.1) is 11.4 Å². The fraction of sp³-hybridized carbons (Fsp3) is 0.188. The number of rotatable bonds is 5. The number of sulfonamides is 1. The molecule has 1 aromatic heterocycles. The Labute approximate surface area is 139 Å². The maximum atomic E-state index is 12.4. The van der Waals surface area contributed by atoms with E-state index >= 15 is 0 Å². The van der Waals surface area contributed by atoms with E-state index in [2.05, 4.69) is 9.71 Å². The molecule has 0 fully saturated rings. The molecule has 1 aliphatic rings. The summed E-state index contributed by atoms with van der Waals surface area (Å²) in [4.78, 5) is 27.8. The molecule has 0 bridgehead atoms. The Bertz CT molecular complexity index is 957. The van der Waals surface area contributed by atoms with Crippen LogP contribution in [-0.2, 0) is 16.4 Å². The van der Waals surface area contributed by atoms with E-state index in [9.17, 15) is 18.0 Å². The van der Waals surface area contributed by atoms with Gasteiger partial charge in [0, 0.05) is 6.20 Å². The number of para-hydroxylation sites is 1. The third kappa shape index (κ3) is 3.00. The van der Waals surface area contributed by atoms with Gasteiger partial charge in [0.25, 0.3) is 0 Å². The van der Waals surface area contributed by atoms with Crippen LogP contribution in [-0.4, -0.2) is 36.3 Å². The van der Waals surface area contributed by atoms with Gasteiger partial charge in [0.15, 0.2) is 0 Å². The minimum absolute atomic E-state index is 0.120. The molecule has 0 unspecified atom stereocenters. The van der Waals surface area contributed by atoms with Crippen LogP contribution in [0.2, 0.25) is 0 Å². The second-order valence-electron chi connectivity index (χ2n) is 5.31. The van der Waals surface area contributed by atoms with Crippen molar-refractivity contribution in [3.05, 3.63) is 53.9 Å². The van der Waals surface area contributed by atoms with Crippen LogP contribution in [0.25, 0.3) is 0 Å². The number of anilines is 1. The first-order valence-electron chi connectivity index (χ1n) is 7.33. The maximum absolute atomic E-state index is 12.4. The lowest BCUT2D eigenvalue weighted by atomic mass is 10.1. The van der Waals surface area contributed by atoms with Crippen LogP contribution >= 0.6 is 0 Å². The second kappa shape index (κ2) is 6.04. The molecule has 8 heteroatoms. The van der Waals surface area contributed by atoms with Crippen LogP contribution in [0, 0.1) is 0 Å². The number of aryl methyl sites for hydroxylation is 1. The van der Waals surface area contributed by atoms with E-state index in [1.54, 1.807) is 12.1 Å². The molecule has 3 rings (SSSR count). The first-order chi connectivity index (χ1) is 11.4. The van der Waals surface area contributed by atoms with Gasteiger partial charge in [-0.1, -0.05) is 25.1 Å². The number of Topliss-reactive ketones (excluding diaryl/α,β-unsaturated/α-hetero) is 1. The zero-order valence-electron chi connectivity index (χ0n) is 12.9. The minimum Gasteiger partial charge on any atom is -0.285 e. The monoisotopic (exact) mass is 345 g/mol. The van der Waals surface area contributed by atoms with E-state index in [4.69, 9.17) is 0 Å². The molecular weight excluding hydrogens is 330 g/mol. The summed E-state index contributed by atoms with van der Waals surface area (Å²) in [6.07, 6.45) is 2.07. The zero-order chi connectivity index (χ0) is 17.3. The quantitative estimate of drug-likeness (QED) is 0.897. The average Bonchev–Trinajstić information content (AvgIpc) is 3.02. The molecule has 2 heterocycles. The van der Waals surface area contributed by atoms with E-state index in [0.29, 0.717) is 12.1 Å². The van der Waals surface area contributed by atoms with Crippen molar-refractivity contribution in [2.75, 3.05) is 10.5 Å². The molecule has 1 amide bonds. The zero-order valence-corrected chi connectivity index (χ0v) is 13.7. The summed E-state index contributed by atoms with van der Waals surface area (Å²) >= 11 is 0. The van der Waals surface area contributed by atoms with Crippen molar-refractivity contribution in [3.63, 3.8) is 0 Å². The highest BCUT2D eigenvalue weighted by molar-refractivity contribution is 7.93. The van der Waals surface area contributed by atoms with Gasteiger partial charge >= 0.3 is 6.03 Å². The molecule has 7 nitrogen and oxygen atoms in total.